The highest BCUT2D eigenvalue weighted by Gasteiger charge is 2.11. The Bertz CT molecular complexity index is 1420. The van der Waals surface area contributed by atoms with E-state index in [0.29, 0.717) is 24.6 Å². The average molecular weight is 572 g/mol. The minimum atomic E-state index is -0.948. The van der Waals surface area contributed by atoms with Crippen molar-refractivity contribution in [2.45, 2.75) is 38.8 Å². The lowest BCUT2D eigenvalue weighted by Crippen LogP contribution is -2.27. The summed E-state index contributed by atoms with van der Waals surface area (Å²) in [7, 11) is 0. The third kappa shape index (κ3) is 9.48. The Balaban J connectivity index is 1.37. The number of carbonyl (C=O) groups is 2. The van der Waals surface area contributed by atoms with Gasteiger partial charge in [0, 0.05) is 24.5 Å². The lowest BCUT2D eigenvalue weighted by atomic mass is 10.0. The molecule has 0 aliphatic rings. The van der Waals surface area contributed by atoms with Gasteiger partial charge in [0.25, 0.3) is 0 Å². The van der Waals surface area contributed by atoms with E-state index in [-0.39, 0.29) is 12.0 Å². The maximum absolute atomic E-state index is 11.2. The fourth-order valence-corrected chi connectivity index (χ4v) is 4.75. The van der Waals surface area contributed by atoms with Gasteiger partial charge in [0.05, 0.1) is 5.56 Å². The summed E-state index contributed by atoms with van der Waals surface area (Å²) in [5, 5.41) is 18.9. The Morgan fingerprint density at radius 2 is 1.37 bits per heavy atom. The number of unbranched alkanes of at least 4 members (excludes halogenated alkanes) is 1. The molecular formula is C34H34ClNO5. The Labute approximate surface area is 245 Å². The van der Waals surface area contributed by atoms with Crippen LogP contribution in [0.2, 0.25) is 5.02 Å². The Morgan fingerprint density at radius 3 is 2.02 bits per heavy atom. The second-order valence-corrected chi connectivity index (χ2v) is 10.4. The molecule has 7 heteroatoms. The van der Waals surface area contributed by atoms with E-state index in [1.165, 1.54) is 0 Å². The smallest absolute Gasteiger partial charge is 0.335 e. The molecule has 6 nitrogen and oxygen atoms in total. The van der Waals surface area contributed by atoms with Crippen LogP contribution in [0.1, 0.15) is 46.3 Å². The highest BCUT2D eigenvalue weighted by atomic mass is 35.5. The lowest BCUT2D eigenvalue weighted by Gasteiger charge is -2.23. The van der Waals surface area contributed by atoms with Gasteiger partial charge in [-0.25, -0.2) is 4.79 Å². The molecule has 4 rings (SSSR count). The van der Waals surface area contributed by atoms with Crippen LogP contribution in [0.5, 0.6) is 5.75 Å². The Morgan fingerprint density at radius 1 is 0.732 bits per heavy atom. The molecule has 0 radical (unpaired) electrons. The van der Waals surface area contributed by atoms with E-state index in [9.17, 15) is 14.7 Å². The predicted molar refractivity (Wildman–Crippen MR) is 162 cm³/mol. The molecule has 2 N–H and O–H groups in total. The molecule has 0 atom stereocenters. The predicted octanol–water partition coefficient (Wildman–Crippen LogP) is 7.58. The maximum Gasteiger partial charge on any atom is 0.335 e. The van der Waals surface area contributed by atoms with Gasteiger partial charge in [-0.05, 0) is 84.0 Å². The van der Waals surface area contributed by atoms with Gasteiger partial charge in [-0.15, -0.1) is 0 Å². The first-order chi connectivity index (χ1) is 19.9. The summed E-state index contributed by atoms with van der Waals surface area (Å²) >= 11 is 6.01. The number of carboxylic acids is 2. The molecule has 0 fully saturated rings. The standard InChI is InChI=1S/C34H34ClNO5/c35-31-18-16-28(17-19-31)27-12-10-26(11-13-27)24-41-32-6-2-1-5-29(32)20-22-36(21-4-3-7-33(37)38)23-25-8-14-30(15-9-25)34(39)40/h1-2,5-6,8-19H,3-4,7,20-24H2,(H,37,38)(H,39,40). The van der Waals surface area contributed by atoms with Crippen molar-refractivity contribution in [2.75, 3.05) is 13.1 Å². The van der Waals surface area contributed by atoms with Gasteiger partial charge in [-0.2, -0.15) is 0 Å². The number of para-hydroxylation sites is 1. The van der Waals surface area contributed by atoms with E-state index < -0.39 is 11.9 Å². The van der Waals surface area contributed by atoms with Gasteiger partial charge in [-0.1, -0.05) is 78.3 Å². The number of aliphatic carboxylic acids is 1. The SMILES string of the molecule is O=C(O)CCCCN(CCc1ccccc1OCc1ccc(-c2ccc(Cl)cc2)cc1)Cc1ccc(C(=O)O)cc1. The van der Waals surface area contributed by atoms with Crippen LogP contribution >= 0.6 is 11.6 Å². The number of halogens is 1. The zero-order valence-corrected chi connectivity index (χ0v) is 23.6. The molecular weight excluding hydrogens is 538 g/mol. The van der Waals surface area contributed by atoms with Crippen molar-refractivity contribution in [2.24, 2.45) is 0 Å². The van der Waals surface area contributed by atoms with Crippen LogP contribution < -0.4 is 4.74 Å². The summed E-state index contributed by atoms with van der Waals surface area (Å²) in [4.78, 5) is 24.4. The van der Waals surface area contributed by atoms with Crippen LogP contribution in [0, 0.1) is 0 Å². The van der Waals surface area contributed by atoms with E-state index >= 15 is 0 Å². The molecule has 41 heavy (non-hydrogen) atoms. The first kappa shape index (κ1) is 29.8. The maximum atomic E-state index is 11.2. The van der Waals surface area contributed by atoms with E-state index in [0.717, 1.165) is 59.5 Å². The molecule has 0 heterocycles. The first-order valence-electron chi connectivity index (χ1n) is 13.7. The van der Waals surface area contributed by atoms with Crippen molar-refractivity contribution >= 4 is 23.5 Å². The second kappa shape index (κ2) is 15.0. The number of ether oxygens (including phenoxy) is 1. The molecule has 0 aliphatic carbocycles. The fourth-order valence-electron chi connectivity index (χ4n) is 4.62. The molecule has 4 aromatic carbocycles. The van der Waals surface area contributed by atoms with Gasteiger partial charge in [0.2, 0.25) is 0 Å². The Kier molecular flexibility index (Phi) is 10.9. The van der Waals surface area contributed by atoms with Gasteiger partial charge in [0.15, 0.2) is 0 Å². The van der Waals surface area contributed by atoms with E-state index in [1.54, 1.807) is 12.1 Å². The minimum absolute atomic E-state index is 0.151. The van der Waals surface area contributed by atoms with Crippen LogP contribution in [0.15, 0.2) is 97.1 Å². The van der Waals surface area contributed by atoms with Crippen molar-refractivity contribution in [3.05, 3.63) is 124 Å². The molecule has 0 saturated carbocycles. The van der Waals surface area contributed by atoms with Gasteiger partial charge in [-0.3, -0.25) is 9.69 Å². The number of nitrogens with zero attached hydrogens (tertiary/aromatic N) is 1. The van der Waals surface area contributed by atoms with Crippen molar-refractivity contribution in [3.8, 4) is 16.9 Å². The third-order valence-corrected chi connectivity index (χ3v) is 7.17. The summed E-state index contributed by atoms with van der Waals surface area (Å²) in [5.41, 5.74) is 5.67. The topological polar surface area (TPSA) is 87.1 Å². The van der Waals surface area contributed by atoms with Crippen molar-refractivity contribution < 1.29 is 24.5 Å². The number of benzene rings is 4. The van der Waals surface area contributed by atoms with Gasteiger partial charge >= 0.3 is 11.9 Å². The van der Waals surface area contributed by atoms with Crippen LogP contribution in [-0.2, 0) is 24.4 Å². The molecule has 0 bridgehead atoms. The number of rotatable bonds is 15. The molecule has 0 aliphatic heterocycles. The molecule has 212 valence electrons. The normalized spacial score (nSPS) is 11.0. The van der Waals surface area contributed by atoms with Gasteiger partial charge in [0.1, 0.15) is 12.4 Å². The molecule has 0 saturated heterocycles. The number of aromatic carboxylic acids is 1. The summed E-state index contributed by atoms with van der Waals surface area (Å²) in [6.07, 6.45) is 2.29. The van der Waals surface area contributed by atoms with Crippen LogP contribution in [0.25, 0.3) is 11.1 Å². The van der Waals surface area contributed by atoms with Crippen LogP contribution in [-0.4, -0.2) is 40.1 Å². The molecule has 0 aromatic heterocycles. The summed E-state index contributed by atoms with van der Waals surface area (Å²) in [5.74, 6) is -0.895. The lowest BCUT2D eigenvalue weighted by molar-refractivity contribution is -0.137. The molecule has 4 aromatic rings. The second-order valence-electron chi connectivity index (χ2n) is 9.98. The zero-order valence-electron chi connectivity index (χ0n) is 22.8. The third-order valence-electron chi connectivity index (χ3n) is 6.92. The highest BCUT2D eigenvalue weighted by molar-refractivity contribution is 6.30. The summed E-state index contributed by atoms with van der Waals surface area (Å²) in [6, 6.07) is 31.0. The van der Waals surface area contributed by atoms with Crippen molar-refractivity contribution in [1.82, 2.24) is 4.90 Å². The highest BCUT2D eigenvalue weighted by Crippen LogP contribution is 2.24. The van der Waals surface area contributed by atoms with E-state index in [1.807, 2.05) is 54.6 Å². The quantitative estimate of drug-likeness (QED) is 0.143. The number of carboxylic acid groups (broad SMARTS) is 2. The summed E-state index contributed by atoms with van der Waals surface area (Å²) < 4.78 is 6.24. The van der Waals surface area contributed by atoms with E-state index in [2.05, 4.69) is 35.2 Å². The average Bonchev–Trinajstić information content (AvgIpc) is 2.98. The minimum Gasteiger partial charge on any atom is -0.489 e. The van der Waals surface area contributed by atoms with Crippen LogP contribution in [0.3, 0.4) is 0 Å². The number of hydrogen-bond acceptors (Lipinski definition) is 4. The van der Waals surface area contributed by atoms with Crippen molar-refractivity contribution in [1.29, 1.82) is 0 Å². The van der Waals surface area contributed by atoms with Crippen molar-refractivity contribution in [3.63, 3.8) is 0 Å². The first-order valence-corrected chi connectivity index (χ1v) is 14.1. The van der Waals surface area contributed by atoms with Gasteiger partial charge < -0.3 is 14.9 Å². The molecule has 0 amide bonds. The molecule has 0 spiro atoms. The largest absolute Gasteiger partial charge is 0.489 e. The van der Waals surface area contributed by atoms with Crippen LogP contribution in [0.4, 0.5) is 0 Å². The zero-order chi connectivity index (χ0) is 29.0. The van der Waals surface area contributed by atoms with E-state index in [4.69, 9.17) is 21.4 Å². The Hall–Kier alpha value is -4.13. The number of hydrogen-bond donors (Lipinski definition) is 2. The molecule has 0 unspecified atom stereocenters. The fraction of sp³-hybridized carbons (Fsp3) is 0.235. The monoisotopic (exact) mass is 571 g/mol. The summed E-state index contributed by atoms with van der Waals surface area (Å²) in [6.45, 7) is 2.60.